The fraction of sp³-hybridized carbons (Fsp3) is 0.429. The largest absolute Gasteiger partial charge is 0.309 e. The van der Waals surface area contributed by atoms with Crippen molar-refractivity contribution in [2.45, 2.75) is 318 Å². The van der Waals surface area contributed by atoms with E-state index >= 15 is 0 Å². The van der Waals surface area contributed by atoms with Gasteiger partial charge in [-0.15, -0.1) is 0 Å². The summed E-state index contributed by atoms with van der Waals surface area (Å²) >= 11 is 0. The summed E-state index contributed by atoms with van der Waals surface area (Å²) in [6.45, 7) is 67.3. The van der Waals surface area contributed by atoms with Gasteiger partial charge in [0, 0.05) is 32.3 Å². The second-order valence-electron chi connectivity index (χ2n) is 37.2. The summed E-state index contributed by atoms with van der Waals surface area (Å²) in [5.74, 6) is 0. The lowest BCUT2D eigenvalue weighted by Gasteiger charge is -2.39. The quantitative estimate of drug-likeness (QED) is 0.0453. The number of hydrogen-bond acceptors (Lipinski definition) is 4. The van der Waals surface area contributed by atoms with Crippen LogP contribution in [0.3, 0.4) is 0 Å². The molecule has 0 unspecified atom stereocenters. The number of benzene rings is 12. The molecule has 0 amide bonds. The third-order valence-corrected chi connectivity index (χ3v) is 26.0. The second-order valence-corrected chi connectivity index (χ2v) is 37.2. The molecule has 116 heavy (non-hydrogen) atoms. The molecule has 0 saturated heterocycles. The maximum absolute atomic E-state index is 2.87. The average molecular weight is 1540 g/mol. The van der Waals surface area contributed by atoms with Crippen LogP contribution in [0.15, 0.2) is 158 Å². The Labute approximate surface area is 702 Å². The van der Waals surface area contributed by atoms with Gasteiger partial charge in [0.2, 0.25) is 0 Å². The monoisotopic (exact) mass is 1540 g/mol. The van der Waals surface area contributed by atoms with Crippen LogP contribution >= 0.6 is 0 Å². The Morgan fingerprint density at radius 1 is 0.172 bits per heavy atom. The Morgan fingerprint density at radius 3 is 0.422 bits per heavy atom. The van der Waals surface area contributed by atoms with E-state index in [0.717, 1.165) is 103 Å². The third kappa shape index (κ3) is 15.7. The smallest absolute Gasteiger partial charge is 0.0562 e. The molecule has 0 radical (unpaired) electrons. The summed E-state index contributed by atoms with van der Waals surface area (Å²) in [5.41, 5.74) is 42.4. The summed E-state index contributed by atoms with van der Waals surface area (Å²) in [4.78, 5) is 11.5. The molecule has 0 aliphatic rings. The molecule has 0 saturated carbocycles. The van der Waals surface area contributed by atoms with Crippen LogP contribution in [0, 0.1) is 0 Å². The molecule has 0 heterocycles. The minimum Gasteiger partial charge on any atom is -0.309 e. The number of aryl methyl sites for hydroxylation is 16. The lowest BCUT2D eigenvalue weighted by atomic mass is 9.82. The van der Waals surface area contributed by atoms with Crippen molar-refractivity contribution in [2.24, 2.45) is 0 Å². The van der Waals surface area contributed by atoms with Crippen LogP contribution in [0.4, 0.5) is 68.2 Å². The first-order valence-electron chi connectivity index (χ1n) is 45.5. The standard InChI is InChI=1S/C112H142N4/c1-29-71-49-45-50-72(30-2)101(71)113(105-79(37-9)61-87(109(17,18)19)62-80(105)38-10)95-69-96(114(102-73(31-3)51-46-52-74(102)32-4)106-81(39-11)63-88(110(20,21)22)64-82(106)40-12)92-59-60-94-98(116(104-77(35-7)55-48-56-78(104)36-8)108-85(43-15)67-90(112(26,27)28)68-86(108)44-16)70-97(93-58-57-91(95)99(92)100(93)94)115(103-75(33-5)53-47-54-76(103)34-6)107-83(41-13)65-89(111(23,24)25)66-84(107)42-14/h45-70H,29-44H2,1-28H3. The molecule has 0 aromatic heterocycles. The molecule has 0 aliphatic heterocycles. The highest BCUT2D eigenvalue weighted by molar-refractivity contribution is 6.33. The molecule has 0 atom stereocenters. The van der Waals surface area contributed by atoms with E-state index in [4.69, 9.17) is 0 Å². The van der Waals surface area contributed by atoms with Gasteiger partial charge >= 0.3 is 0 Å². The molecule has 0 fully saturated rings. The second kappa shape index (κ2) is 34.8. The Bertz CT molecular complexity index is 4700. The third-order valence-electron chi connectivity index (χ3n) is 26.0. The van der Waals surface area contributed by atoms with Crippen LogP contribution in [-0.4, -0.2) is 0 Å². The van der Waals surface area contributed by atoms with Crippen LogP contribution in [0.1, 0.15) is 305 Å². The molecule has 610 valence electrons. The van der Waals surface area contributed by atoms with E-state index in [1.165, 1.54) is 212 Å². The summed E-state index contributed by atoms with van der Waals surface area (Å²) in [7, 11) is 0. The van der Waals surface area contributed by atoms with Crippen LogP contribution in [0.2, 0.25) is 0 Å². The van der Waals surface area contributed by atoms with Crippen LogP contribution < -0.4 is 19.6 Å². The van der Waals surface area contributed by atoms with Gasteiger partial charge in [0.25, 0.3) is 0 Å². The normalized spacial score (nSPS) is 12.3. The topological polar surface area (TPSA) is 13.0 Å². The molecule has 4 heteroatoms. The van der Waals surface area contributed by atoms with Gasteiger partial charge in [0.05, 0.1) is 68.2 Å². The summed E-state index contributed by atoms with van der Waals surface area (Å²) in [6.07, 6.45) is 14.0. The summed E-state index contributed by atoms with van der Waals surface area (Å²) in [6, 6.07) is 65.6. The first-order valence-corrected chi connectivity index (χ1v) is 45.5. The molecule has 12 aromatic carbocycles. The lowest BCUT2D eigenvalue weighted by molar-refractivity contribution is 0.588. The van der Waals surface area contributed by atoms with Crippen molar-refractivity contribution in [1.29, 1.82) is 0 Å². The van der Waals surface area contributed by atoms with Gasteiger partial charge in [-0.1, -0.05) is 339 Å². The zero-order valence-electron chi connectivity index (χ0n) is 77.1. The summed E-state index contributed by atoms with van der Waals surface area (Å²) < 4.78 is 0. The molecular formula is C112H142N4. The van der Waals surface area contributed by atoms with Gasteiger partial charge in [-0.25, -0.2) is 0 Å². The predicted octanol–water partition coefficient (Wildman–Crippen LogP) is 32.7. The SMILES string of the molecule is CCc1cccc(CC)c1N(c1c(CC)cc(C(C)(C)C)cc1CC)c1cc(N(c2c(CC)cccc2CC)c2c(CC)cc(C(C)(C)C)cc2CC)c2ccc3c(N(c4c(CC)cccc4CC)c4c(CC)cc(C(C)(C)C)cc4CC)cc(N(c4c(CC)cccc4CC)c4c(CC)cc(C(C)(C)C)cc4CC)c4ccc1c2c43. The predicted molar refractivity (Wildman–Crippen MR) is 514 cm³/mol. The van der Waals surface area contributed by atoms with Gasteiger partial charge in [-0.2, -0.15) is 0 Å². The fourth-order valence-corrected chi connectivity index (χ4v) is 19.2. The number of nitrogens with zero attached hydrogens (tertiary/aromatic N) is 4. The van der Waals surface area contributed by atoms with Crippen molar-refractivity contribution in [1.82, 2.24) is 0 Å². The van der Waals surface area contributed by atoms with Crippen molar-refractivity contribution in [3.63, 3.8) is 0 Å². The molecule has 0 N–H and O–H groups in total. The lowest BCUT2D eigenvalue weighted by Crippen LogP contribution is -2.23. The van der Waals surface area contributed by atoms with Crippen LogP contribution in [-0.2, 0) is 124 Å². The van der Waals surface area contributed by atoms with Gasteiger partial charge < -0.3 is 19.6 Å². The zero-order chi connectivity index (χ0) is 83.9. The highest BCUT2D eigenvalue weighted by Crippen LogP contribution is 2.60. The number of hydrogen-bond donors (Lipinski definition) is 0. The molecule has 12 rings (SSSR count). The van der Waals surface area contributed by atoms with E-state index in [0.29, 0.717) is 0 Å². The number of para-hydroxylation sites is 4. The van der Waals surface area contributed by atoms with Crippen molar-refractivity contribution in [2.75, 3.05) is 19.6 Å². The van der Waals surface area contributed by atoms with Crippen molar-refractivity contribution in [3.05, 3.63) is 269 Å². The highest BCUT2D eigenvalue weighted by Gasteiger charge is 2.38. The molecular weight excluding hydrogens is 1400 g/mol. The maximum Gasteiger partial charge on any atom is 0.0562 e. The maximum atomic E-state index is 2.87. The molecule has 0 spiro atoms. The Kier molecular flexibility index (Phi) is 25.9. The van der Waals surface area contributed by atoms with E-state index in [1.54, 1.807) is 0 Å². The van der Waals surface area contributed by atoms with E-state index in [9.17, 15) is 0 Å². The first kappa shape index (κ1) is 86.2. The average Bonchev–Trinajstić information content (AvgIpc) is 0.691. The van der Waals surface area contributed by atoms with Crippen molar-refractivity contribution in [3.8, 4) is 0 Å². The van der Waals surface area contributed by atoms with E-state index in [2.05, 4.69) is 371 Å². The zero-order valence-corrected chi connectivity index (χ0v) is 77.1. The first-order chi connectivity index (χ1) is 55.4. The van der Waals surface area contributed by atoms with E-state index < -0.39 is 0 Å². The minimum atomic E-state index is -0.0784. The number of rotatable bonds is 28. The molecule has 4 nitrogen and oxygen atoms in total. The Morgan fingerprint density at radius 2 is 0.302 bits per heavy atom. The molecule has 12 aromatic rings. The molecule has 0 bridgehead atoms. The van der Waals surface area contributed by atoms with Crippen LogP contribution in [0.5, 0.6) is 0 Å². The van der Waals surface area contributed by atoms with Crippen molar-refractivity contribution >= 4 is 101 Å². The van der Waals surface area contributed by atoms with E-state index in [1.807, 2.05) is 0 Å². The fourth-order valence-electron chi connectivity index (χ4n) is 19.2. The molecule has 0 aliphatic carbocycles. The Hall–Kier alpha value is -9.12. The van der Waals surface area contributed by atoms with Crippen LogP contribution in [0.25, 0.3) is 32.3 Å². The summed E-state index contributed by atoms with van der Waals surface area (Å²) in [5, 5.41) is 7.57. The Balaban J connectivity index is 1.49. The van der Waals surface area contributed by atoms with Gasteiger partial charge in [-0.3, -0.25) is 0 Å². The van der Waals surface area contributed by atoms with Gasteiger partial charge in [-0.05, 0) is 248 Å². The minimum absolute atomic E-state index is 0.0784. The van der Waals surface area contributed by atoms with Gasteiger partial charge in [0.15, 0.2) is 0 Å². The highest BCUT2D eigenvalue weighted by atomic mass is 15.2. The van der Waals surface area contributed by atoms with Gasteiger partial charge in [0.1, 0.15) is 0 Å². The number of anilines is 12. The van der Waals surface area contributed by atoms with E-state index in [-0.39, 0.29) is 21.7 Å². The van der Waals surface area contributed by atoms with Crippen molar-refractivity contribution < 1.29 is 0 Å².